The Morgan fingerprint density at radius 3 is 2.45 bits per heavy atom. The van der Waals surface area contributed by atoms with Crippen molar-refractivity contribution in [1.82, 2.24) is 35.1 Å². The molecule has 2 heterocycles. The van der Waals surface area contributed by atoms with E-state index in [-0.39, 0.29) is 25.4 Å². The maximum Gasteiger partial charge on any atom is 0.373 e. The molecule has 3 rings (SSSR count). The monoisotopic (exact) mass is 555 g/mol. The Bertz CT molecular complexity index is 1390. The van der Waals surface area contributed by atoms with Crippen molar-refractivity contribution in [3.8, 4) is 0 Å². The first-order valence-electron chi connectivity index (χ1n) is 12.9. The number of carbonyl (C=O) groups excluding carboxylic acids is 4. The van der Waals surface area contributed by atoms with Crippen molar-refractivity contribution in [2.24, 2.45) is 7.05 Å². The molecule has 2 unspecified atom stereocenters. The number of hydrogen-bond acceptors (Lipinski definition) is 8. The molecule has 1 aromatic heterocycles. The quantitative estimate of drug-likeness (QED) is 0.0818. The Labute approximate surface area is 230 Å². The Hall–Kier alpha value is -4.24. The summed E-state index contributed by atoms with van der Waals surface area (Å²) in [5, 5.41) is 19.8. The van der Waals surface area contributed by atoms with Gasteiger partial charge in [-0.05, 0) is 50.3 Å². The fourth-order valence-corrected chi connectivity index (χ4v) is 4.27. The Balaban J connectivity index is 1.70. The van der Waals surface area contributed by atoms with Crippen molar-refractivity contribution in [2.45, 2.75) is 51.3 Å². The van der Waals surface area contributed by atoms with E-state index in [1.807, 2.05) is 0 Å². The largest absolute Gasteiger partial charge is 0.437 e. The smallest absolute Gasteiger partial charge is 0.373 e. The molecule has 0 radical (unpaired) electrons. The summed E-state index contributed by atoms with van der Waals surface area (Å²) < 4.78 is 3.04. The van der Waals surface area contributed by atoms with E-state index in [0.29, 0.717) is 30.5 Å². The highest BCUT2D eigenvalue weighted by atomic mass is 16.2. The van der Waals surface area contributed by atoms with Crippen LogP contribution in [0.2, 0.25) is 6.82 Å². The highest BCUT2D eigenvalue weighted by Gasteiger charge is 2.32. The second-order valence-electron chi connectivity index (χ2n) is 9.43. The highest BCUT2D eigenvalue weighted by Crippen LogP contribution is 2.13. The van der Waals surface area contributed by atoms with Crippen molar-refractivity contribution in [3.05, 3.63) is 68.5 Å². The van der Waals surface area contributed by atoms with Gasteiger partial charge in [-0.25, -0.2) is 23.5 Å². The number of Topliss-reactive ketones (excluding diaryl/α,β-unsaturated/α-hetero) is 1. The number of nitrogens with zero attached hydrogens (tertiary/aromatic N) is 3. The van der Waals surface area contributed by atoms with Gasteiger partial charge in [-0.3, -0.25) is 19.2 Å². The fraction of sp³-hybridized carbons (Fsp3) is 0.440. The molecule has 0 spiro atoms. The van der Waals surface area contributed by atoms with Crippen LogP contribution in [-0.4, -0.2) is 69.1 Å². The lowest BCUT2D eigenvalue weighted by Crippen LogP contribution is -2.50. The van der Waals surface area contributed by atoms with E-state index in [1.54, 1.807) is 37.2 Å². The van der Waals surface area contributed by atoms with E-state index >= 15 is 0 Å². The van der Waals surface area contributed by atoms with Crippen molar-refractivity contribution < 1.29 is 24.2 Å². The minimum atomic E-state index is -1.19. The standard InChI is InChI=1S/C25H34BN7O7/c1-26(40)29-13-5-4-7-18(20(34)23(37)28-15-16-9-11-17(12-10-16)21(35)27-2)30-22(36)19-8-6-14-32-24(38)31(3)25(39)33(19)32/h6,8-12,18-19,29,40H,4-5,7,13-15H2,1-3H3,(H,27,35)(H,28,37)(H,30,36). The van der Waals surface area contributed by atoms with Crippen molar-refractivity contribution in [3.63, 3.8) is 0 Å². The van der Waals surface area contributed by atoms with E-state index in [4.69, 9.17) is 0 Å². The molecular formula is C25H34BN7O7. The molecule has 2 atom stereocenters. The predicted molar refractivity (Wildman–Crippen MR) is 146 cm³/mol. The normalized spacial score (nSPS) is 14.7. The van der Waals surface area contributed by atoms with E-state index in [2.05, 4.69) is 21.2 Å². The molecular weight excluding hydrogens is 521 g/mol. The van der Waals surface area contributed by atoms with Gasteiger partial charge in [-0.1, -0.05) is 24.3 Å². The first-order valence-corrected chi connectivity index (χ1v) is 12.9. The molecule has 15 heteroatoms. The molecule has 40 heavy (non-hydrogen) atoms. The third-order valence-corrected chi connectivity index (χ3v) is 6.49. The minimum absolute atomic E-state index is 0.0224. The molecule has 214 valence electrons. The topological polar surface area (TPSA) is 186 Å². The number of rotatable bonds is 13. The van der Waals surface area contributed by atoms with Gasteiger partial charge in [0, 0.05) is 26.2 Å². The molecule has 0 fully saturated rings. The first-order chi connectivity index (χ1) is 19.0. The van der Waals surface area contributed by atoms with Crippen LogP contribution in [0.3, 0.4) is 0 Å². The van der Waals surface area contributed by atoms with Gasteiger partial charge in [0.05, 0.1) is 12.6 Å². The number of amides is 3. The van der Waals surface area contributed by atoms with Gasteiger partial charge < -0.3 is 26.2 Å². The lowest BCUT2D eigenvalue weighted by molar-refractivity contribution is -0.140. The number of hydrogen-bond donors (Lipinski definition) is 5. The number of unbranched alkanes of at least 4 members (excludes halogenated alkanes) is 1. The van der Waals surface area contributed by atoms with E-state index in [9.17, 15) is 33.8 Å². The second kappa shape index (κ2) is 13.7. The van der Waals surface area contributed by atoms with Crippen LogP contribution in [0.15, 0.2) is 46.0 Å². The summed E-state index contributed by atoms with van der Waals surface area (Å²) in [5.74, 6) is -2.74. The predicted octanol–water partition coefficient (Wildman–Crippen LogP) is -1.94. The lowest BCUT2D eigenvalue weighted by Gasteiger charge is -2.23. The fourth-order valence-electron chi connectivity index (χ4n) is 4.27. The van der Waals surface area contributed by atoms with Crippen molar-refractivity contribution in [1.29, 1.82) is 0 Å². The van der Waals surface area contributed by atoms with Crippen LogP contribution in [-0.2, 0) is 34.5 Å². The number of fused-ring (bicyclic) bond motifs is 1. The van der Waals surface area contributed by atoms with Crippen LogP contribution in [0.4, 0.5) is 0 Å². The summed E-state index contributed by atoms with van der Waals surface area (Å²) in [6.45, 7) is 2.17. The average Bonchev–Trinajstić information content (AvgIpc) is 3.18. The van der Waals surface area contributed by atoms with Gasteiger partial charge >= 0.3 is 18.4 Å². The molecule has 14 nitrogen and oxygen atoms in total. The second-order valence-corrected chi connectivity index (χ2v) is 9.43. The number of nitrogens with one attached hydrogen (secondary N) is 4. The van der Waals surface area contributed by atoms with Gasteiger partial charge in [-0.2, -0.15) is 0 Å². The van der Waals surface area contributed by atoms with Crippen LogP contribution in [0, 0.1) is 0 Å². The Morgan fingerprint density at radius 1 is 1.10 bits per heavy atom. The van der Waals surface area contributed by atoms with Gasteiger partial charge in [0.2, 0.25) is 11.7 Å². The van der Waals surface area contributed by atoms with Crippen LogP contribution >= 0.6 is 0 Å². The number of aromatic nitrogens is 3. The maximum atomic E-state index is 13.2. The van der Waals surface area contributed by atoms with Crippen LogP contribution < -0.4 is 32.6 Å². The van der Waals surface area contributed by atoms with Crippen LogP contribution in [0.25, 0.3) is 0 Å². The number of ketones is 1. The summed E-state index contributed by atoms with van der Waals surface area (Å²) in [7, 11) is 2.12. The van der Waals surface area contributed by atoms with Gasteiger partial charge in [0.25, 0.3) is 11.8 Å². The summed E-state index contributed by atoms with van der Waals surface area (Å²) in [6, 6.07) is 4.12. The molecule has 1 aromatic carbocycles. The molecule has 5 N–H and O–H groups in total. The zero-order valence-corrected chi connectivity index (χ0v) is 22.7. The Kier molecular flexibility index (Phi) is 10.4. The minimum Gasteiger partial charge on any atom is -0.437 e. The van der Waals surface area contributed by atoms with E-state index in [1.165, 1.54) is 20.2 Å². The summed E-state index contributed by atoms with van der Waals surface area (Å²) in [6.07, 6.45) is 4.18. The van der Waals surface area contributed by atoms with Gasteiger partial charge in [0.1, 0.15) is 0 Å². The zero-order valence-electron chi connectivity index (χ0n) is 22.7. The maximum absolute atomic E-state index is 13.2. The Morgan fingerprint density at radius 2 is 1.80 bits per heavy atom. The summed E-state index contributed by atoms with van der Waals surface area (Å²) in [5.41, 5.74) is -0.150. The molecule has 0 saturated heterocycles. The third-order valence-electron chi connectivity index (χ3n) is 6.49. The SMILES string of the molecule is CNC(=O)c1ccc(CNC(=O)C(=O)C(CCCCNB(C)O)NC(=O)C2C=CCn3c(=O)n(C)c(=O)n32)cc1. The van der Waals surface area contributed by atoms with E-state index in [0.717, 1.165) is 13.9 Å². The third kappa shape index (κ3) is 7.24. The molecule has 0 saturated carbocycles. The number of benzene rings is 1. The van der Waals surface area contributed by atoms with Crippen molar-refractivity contribution in [2.75, 3.05) is 13.6 Å². The summed E-state index contributed by atoms with van der Waals surface area (Å²) >= 11 is 0. The van der Waals surface area contributed by atoms with Crippen molar-refractivity contribution >= 4 is 30.6 Å². The molecule has 0 bridgehead atoms. The number of carbonyl (C=O) groups is 4. The highest BCUT2D eigenvalue weighted by molar-refractivity contribution is 6.45. The zero-order chi connectivity index (χ0) is 29.4. The van der Waals surface area contributed by atoms with Gasteiger partial charge in [-0.15, -0.1) is 0 Å². The molecule has 2 aromatic rings. The van der Waals surface area contributed by atoms with Gasteiger partial charge in [0.15, 0.2) is 6.04 Å². The average molecular weight is 555 g/mol. The molecule has 3 amide bonds. The number of allylic oxidation sites excluding steroid dienone is 1. The molecule has 0 aliphatic carbocycles. The first kappa shape index (κ1) is 30.3. The van der Waals surface area contributed by atoms with Crippen LogP contribution in [0.1, 0.15) is 41.2 Å². The summed E-state index contributed by atoms with van der Waals surface area (Å²) in [4.78, 5) is 75.7. The molecule has 1 aliphatic heterocycles. The van der Waals surface area contributed by atoms with E-state index < -0.39 is 48.1 Å². The molecule has 1 aliphatic rings. The lowest BCUT2D eigenvalue weighted by atomic mass is 9.89. The van der Waals surface area contributed by atoms with Crippen LogP contribution in [0.5, 0.6) is 0 Å².